The number of methoxy groups -OCH3 is 1. The van der Waals surface area contributed by atoms with Gasteiger partial charge in [-0.05, 0) is 79.1 Å². The zero-order valence-electron chi connectivity index (χ0n) is 29.9. The standard InChI is InChI=1S/C43H36N4O6S/c1-5-22-52-35-21-20-32(23-27(35)2)38-33(25-46(45-38)34-14-10-7-11-15-34)24-36-40(48)47-39(30-16-18-31(19-17-30)41(49)51-4)37(28(3)44-43(47)54-36)42(50)53-26-29-12-8-6-9-13-29/h5-21,23-25,39H,1,22,26H2,2-4H3. The first-order chi connectivity index (χ1) is 26.2. The molecule has 11 heteroatoms. The third-order valence-electron chi connectivity index (χ3n) is 8.96. The lowest BCUT2D eigenvalue weighted by Gasteiger charge is -2.25. The van der Waals surface area contributed by atoms with E-state index in [-0.39, 0.29) is 17.7 Å². The average molecular weight is 737 g/mol. The van der Waals surface area contributed by atoms with Crippen LogP contribution in [-0.2, 0) is 20.9 Å². The SMILES string of the molecule is C=CCOc1ccc(-c2nn(-c3ccccc3)cc2C=c2sc3n(c2=O)C(c2ccc(C(=O)OC)cc2)C(C(=O)OCc2ccccc2)=C(C)N=3)cc1C. The Morgan fingerprint density at radius 3 is 2.33 bits per heavy atom. The van der Waals surface area contributed by atoms with Gasteiger partial charge in [0.2, 0.25) is 0 Å². The lowest BCUT2D eigenvalue weighted by molar-refractivity contribution is -0.140. The Morgan fingerprint density at radius 2 is 1.65 bits per heavy atom. The molecule has 0 saturated heterocycles. The van der Waals surface area contributed by atoms with Crippen molar-refractivity contribution in [3.8, 4) is 22.7 Å². The summed E-state index contributed by atoms with van der Waals surface area (Å²) in [6, 6.07) is 30.7. The molecule has 3 heterocycles. The van der Waals surface area contributed by atoms with E-state index in [1.54, 1.807) is 41.9 Å². The normalized spacial score (nSPS) is 13.9. The second-order valence-electron chi connectivity index (χ2n) is 12.6. The van der Waals surface area contributed by atoms with Gasteiger partial charge in [-0.25, -0.2) is 19.3 Å². The number of hydrogen-bond donors (Lipinski definition) is 0. The molecule has 1 aliphatic rings. The number of aryl methyl sites for hydroxylation is 1. The van der Waals surface area contributed by atoms with Gasteiger partial charge in [0, 0.05) is 17.3 Å². The van der Waals surface area contributed by atoms with E-state index < -0.39 is 18.0 Å². The third kappa shape index (κ3) is 7.22. The van der Waals surface area contributed by atoms with Crippen molar-refractivity contribution in [2.75, 3.05) is 13.7 Å². The van der Waals surface area contributed by atoms with Crippen molar-refractivity contribution >= 4 is 29.4 Å². The van der Waals surface area contributed by atoms with Gasteiger partial charge in [-0.2, -0.15) is 5.10 Å². The zero-order valence-corrected chi connectivity index (χ0v) is 30.7. The maximum absolute atomic E-state index is 14.6. The summed E-state index contributed by atoms with van der Waals surface area (Å²) in [6.45, 7) is 7.87. The van der Waals surface area contributed by atoms with E-state index in [0.29, 0.717) is 44.0 Å². The molecule has 0 spiro atoms. The number of thiazole rings is 1. The van der Waals surface area contributed by atoms with Gasteiger partial charge in [0.15, 0.2) is 4.80 Å². The number of fused-ring (bicyclic) bond motifs is 1. The largest absolute Gasteiger partial charge is 0.489 e. The summed E-state index contributed by atoms with van der Waals surface area (Å²) in [5, 5.41) is 4.97. The molecule has 270 valence electrons. The Bertz CT molecular complexity index is 2590. The van der Waals surface area contributed by atoms with E-state index in [9.17, 15) is 14.4 Å². The number of nitrogens with zero attached hydrogens (tertiary/aromatic N) is 4. The second kappa shape index (κ2) is 15.6. The Balaban J connectivity index is 1.36. The molecule has 0 bridgehead atoms. The fraction of sp³-hybridized carbons (Fsp3) is 0.140. The molecular formula is C43H36N4O6S. The van der Waals surface area contributed by atoms with Gasteiger partial charge in [0.25, 0.3) is 5.56 Å². The van der Waals surface area contributed by atoms with E-state index in [1.807, 2.05) is 98.1 Å². The number of carbonyl (C=O) groups is 2. The summed E-state index contributed by atoms with van der Waals surface area (Å²) < 4.78 is 20.2. The first-order valence-corrected chi connectivity index (χ1v) is 18.0. The Hall–Kier alpha value is -6.59. The topological polar surface area (TPSA) is 114 Å². The highest BCUT2D eigenvalue weighted by molar-refractivity contribution is 7.07. The van der Waals surface area contributed by atoms with Crippen LogP contribution in [-0.4, -0.2) is 40.0 Å². The summed E-state index contributed by atoms with van der Waals surface area (Å²) >= 11 is 1.22. The summed E-state index contributed by atoms with van der Waals surface area (Å²) in [7, 11) is 1.31. The fourth-order valence-corrected chi connectivity index (χ4v) is 7.33. The molecule has 2 aromatic heterocycles. The van der Waals surface area contributed by atoms with Gasteiger partial charge in [0.1, 0.15) is 24.7 Å². The molecule has 1 aliphatic heterocycles. The van der Waals surface area contributed by atoms with Crippen LogP contribution in [0.4, 0.5) is 0 Å². The zero-order chi connectivity index (χ0) is 37.8. The van der Waals surface area contributed by atoms with E-state index >= 15 is 0 Å². The summed E-state index contributed by atoms with van der Waals surface area (Å²) in [6.07, 6.45) is 5.40. The van der Waals surface area contributed by atoms with Crippen molar-refractivity contribution in [2.24, 2.45) is 4.99 Å². The van der Waals surface area contributed by atoms with Gasteiger partial charge < -0.3 is 14.2 Å². The molecule has 1 unspecified atom stereocenters. The minimum absolute atomic E-state index is 0.0455. The summed E-state index contributed by atoms with van der Waals surface area (Å²) in [5.74, 6) is -0.358. The van der Waals surface area contributed by atoms with E-state index in [4.69, 9.17) is 24.3 Å². The molecule has 0 N–H and O–H groups in total. The monoisotopic (exact) mass is 736 g/mol. The first kappa shape index (κ1) is 35.8. The number of para-hydroxylation sites is 1. The number of benzene rings is 4. The predicted molar refractivity (Wildman–Crippen MR) is 207 cm³/mol. The van der Waals surface area contributed by atoms with Gasteiger partial charge >= 0.3 is 11.9 Å². The van der Waals surface area contributed by atoms with E-state index in [0.717, 1.165) is 28.1 Å². The van der Waals surface area contributed by atoms with Crippen molar-refractivity contribution in [3.63, 3.8) is 0 Å². The minimum atomic E-state index is -0.879. The van der Waals surface area contributed by atoms with Crippen LogP contribution in [0.3, 0.4) is 0 Å². The van der Waals surface area contributed by atoms with Crippen molar-refractivity contribution in [3.05, 3.63) is 181 Å². The second-order valence-corrected chi connectivity index (χ2v) is 13.6. The minimum Gasteiger partial charge on any atom is -0.489 e. The molecular weight excluding hydrogens is 701 g/mol. The third-order valence-corrected chi connectivity index (χ3v) is 9.94. The van der Waals surface area contributed by atoms with Crippen LogP contribution in [0.1, 0.15) is 45.6 Å². The van der Waals surface area contributed by atoms with Crippen molar-refractivity contribution in [2.45, 2.75) is 26.5 Å². The number of hydrogen-bond acceptors (Lipinski definition) is 9. The summed E-state index contributed by atoms with van der Waals surface area (Å²) in [5.41, 5.74) is 6.06. The number of carbonyl (C=O) groups excluding carboxylic acids is 2. The number of rotatable bonds is 11. The van der Waals surface area contributed by atoms with Gasteiger partial charge in [0.05, 0.1) is 40.2 Å². The van der Waals surface area contributed by atoms with Crippen LogP contribution in [0, 0.1) is 6.92 Å². The molecule has 0 aliphatic carbocycles. The highest BCUT2D eigenvalue weighted by Crippen LogP contribution is 2.32. The van der Waals surface area contributed by atoms with Gasteiger partial charge in [-0.15, -0.1) is 0 Å². The molecule has 0 saturated carbocycles. The van der Waals surface area contributed by atoms with Crippen molar-refractivity contribution in [1.29, 1.82) is 0 Å². The molecule has 6 aromatic rings. The van der Waals surface area contributed by atoms with Crippen molar-refractivity contribution in [1.82, 2.24) is 14.3 Å². The maximum atomic E-state index is 14.6. The first-order valence-electron chi connectivity index (χ1n) is 17.2. The van der Waals surface area contributed by atoms with E-state index in [1.165, 1.54) is 23.0 Å². The smallest absolute Gasteiger partial charge is 0.338 e. The van der Waals surface area contributed by atoms with Crippen LogP contribution in [0.25, 0.3) is 23.0 Å². The lowest BCUT2D eigenvalue weighted by atomic mass is 9.95. The summed E-state index contributed by atoms with van der Waals surface area (Å²) in [4.78, 5) is 45.9. The molecule has 10 nitrogen and oxygen atoms in total. The molecule has 0 radical (unpaired) electrons. The van der Waals surface area contributed by atoms with Crippen LogP contribution >= 0.6 is 11.3 Å². The Kier molecular flexibility index (Phi) is 10.3. The quantitative estimate of drug-likeness (QED) is 0.110. The molecule has 0 amide bonds. The highest BCUT2D eigenvalue weighted by atomic mass is 32.1. The van der Waals surface area contributed by atoms with Gasteiger partial charge in [-0.1, -0.05) is 84.7 Å². The number of ether oxygens (including phenoxy) is 3. The predicted octanol–water partition coefficient (Wildman–Crippen LogP) is 6.49. The average Bonchev–Trinajstić information content (AvgIpc) is 3.76. The number of esters is 2. The van der Waals surface area contributed by atoms with Crippen LogP contribution in [0.15, 0.2) is 143 Å². The number of aromatic nitrogens is 3. The Labute approximate surface area is 315 Å². The van der Waals surface area contributed by atoms with Gasteiger partial charge in [-0.3, -0.25) is 9.36 Å². The molecule has 54 heavy (non-hydrogen) atoms. The molecule has 4 aromatic carbocycles. The van der Waals surface area contributed by atoms with Crippen LogP contribution in [0.5, 0.6) is 5.75 Å². The van der Waals surface area contributed by atoms with E-state index in [2.05, 4.69) is 6.58 Å². The maximum Gasteiger partial charge on any atom is 0.338 e. The van der Waals surface area contributed by atoms with Crippen molar-refractivity contribution < 1.29 is 23.8 Å². The Morgan fingerprint density at radius 1 is 0.926 bits per heavy atom. The highest BCUT2D eigenvalue weighted by Gasteiger charge is 2.34. The van der Waals surface area contributed by atoms with Crippen LogP contribution in [0.2, 0.25) is 0 Å². The molecule has 0 fully saturated rings. The molecule has 7 rings (SSSR count). The number of allylic oxidation sites excluding steroid dienone is 1. The fourth-order valence-electron chi connectivity index (χ4n) is 6.30. The van der Waals surface area contributed by atoms with Crippen LogP contribution < -0.4 is 19.6 Å². The molecule has 1 atom stereocenters. The lowest BCUT2D eigenvalue weighted by Crippen LogP contribution is -2.39.